The molecule has 228 valence electrons. The molecule has 0 saturated carbocycles. The van der Waals surface area contributed by atoms with Crippen molar-refractivity contribution >= 4 is 54.3 Å². The smallest absolute Gasteiger partial charge is 0.143 e. The number of fused-ring (bicyclic) bond motifs is 6. The van der Waals surface area contributed by atoms with Gasteiger partial charge in [0.05, 0.1) is 41.1 Å². The molecule has 0 bridgehead atoms. The Labute approximate surface area is 326 Å². The van der Waals surface area contributed by atoms with E-state index >= 15 is 0 Å². The summed E-state index contributed by atoms with van der Waals surface area (Å²) in [5.74, 6) is 0. The maximum Gasteiger partial charge on any atom is 0.143 e. The molecule has 1 nitrogen and oxygen atoms in total. The maximum absolute atomic E-state index is 9.80. The fourth-order valence-electron chi connectivity index (χ4n) is 5.72. The molecule has 10 rings (SSSR count). The van der Waals surface area contributed by atoms with Gasteiger partial charge in [0.2, 0.25) is 0 Å². The standard InChI is InChI=1S/C48H30O/c1-2-13-32(14-3-1)38-22-11-23-44-39-27-26-37(30-45(39)49-48(38)44)47-42-20-8-6-18-40(42)46(41-19-7-9-21-43(41)47)36-17-10-16-34(29-36)35-25-24-31-12-4-5-15-33(31)28-35/h1-30H/i1D,2D,3D,4D,5D,6D,7D,8D,9D,10D,11D,12D,13D,14D,15D,16D,17D,18D,19D,20D,21D,22D,23D,24D,25D,26D,27D,28D,29D,30D. The van der Waals surface area contributed by atoms with Gasteiger partial charge in [0.1, 0.15) is 11.2 Å². The molecule has 0 fully saturated rings. The molecule has 0 unspecified atom stereocenters. The maximum atomic E-state index is 9.80. The summed E-state index contributed by atoms with van der Waals surface area (Å²) in [4.78, 5) is 0. The van der Waals surface area contributed by atoms with Gasteiger partial charge >= 0.3 is 0 Å². The van der Waals surface area contributed by atoms with E-state index in [4.69, 9.17) is 31.8 Å². The lowest BCUT2D eigenvalue weighted by molar-refractivity contribution is 0.670. The molecule has 10 aromatic rings. The van der Waals surface area contributed by atoms with E-state index in [1.165, 1.54) is 0 Å². The van der Waals surface area contributed by atoms with Crippen LogP contribution in [0.2, 0.25) is 0 Å². The van der Waals surface area contributed by atoms with Crippen LogP contribution in [-0.2, 0) is 0 Å². The van der Waals surface area contributed by atoms with Crippen LogP contribution in [0.3, 0.4) is 0 Å². The predicted molar refractivity (Wildman–Crippen MR) is 208 cm³/mol. The lowest BCUT2D eigenvalue weighted by Gasteiger charge is -2.18. The van der Waals surface area contributed by atoms with Crippen LogP contribution < -0.4 is 0 Å². The van der Waals surface area contributed by atoms with Crippen LogP contribution in [0.15, 0.2) is 186 Å². The molecule has 49 heavy (non-hydrogen) atoms. The second-order valence-corrected chi connectivity index (χ2v) is 10.5. The lowest BCUT2D eigenvalue weighted by Crippen LogP contribution is -1.91. The van der Waals surface area contributed by atoms with Gasteiger partial charge in [-0.3, -0.25) is 0 Å². The van der Waals surface area contributed by atoms with Gasteiger partial charge in [0, 0.05) is 16.3 Å². The first-order chi connectivity index (χ1) is 36.8. The number of hydrogen-bond donors (Lipinski definition) is 0. The number of furan rings is 1. The molecule has 0 aliphatic heterocycles. The Bertz CT molecular complexity index is 4490. The molecule has 0 N–H and O–H groups in total. The third-order valence-corrected chi connectivity index (χ3v) is 7.81. The minimum atomic E-state index is -1.11. The Morgan fingerprint density at radius 1 is 0.327 bits per heavy atom. The van der Waals surface area contributed by atoms with Crippen molar-refractivity contribution < 1.29 is 45.5 Å². The predicted octanol–water partition coefficient (Wildman–Crippen LogP) is 13.7. The summed E-state index contributed by atoms with van der Waals surface area (Å²) in [7, 11) is 0. The van der Waals surface area contributed by atoms with Gasteiger partial charge in [-0.25, -0.2) is 0 Å². The zero-order valence-electron chi connectivity index (χ0n) is 54.4. The van der Waals surface area contributed by atoms with Crippen molar-refractivity contribution in [2.24, 2.45) is 0 Å². The fourth-order valence-corrected chi connectivity index (χ4v) is 5.72. The first-order valence-electron chi connectivity index (χ1n) is 29.4. The molecule has 0 saturated heterocycles. The third kappa shape index (κ3) is 4.47. The number of benzene rings is 9. The summed E-state index contributed by atoms with van der Waals surface area (Å²) in [5, 5.41) is -5.52. The van der Waals surface area contributed by atoms with Crippen molar-refractivity contribution in [1.82, 2.24) is 0 Å². The van der Waals surface area contributed by atoms with Gasteiger partial charge < -0.3 is 4.42 Å². The van der Waals surface area contributed by atoms with Crippen LogP contribution in [-0.4, -0.2) is 0 Å². The van der Waals surface area contributed by atoms with Crippen molar-refractivity contribution in [3.8, 4) is 44.5 Å². The second-order valence-electron chi connectivity index (χ2n) is 10.5. The highest BCUT2D eigenvalue weighted by atomic mass is 16.3. The summed E-state index contributed by atoms with van der Waals surface area (Å²) >= 11 is 0. The van der Waals surface area contributed by atoms with E-state index in [9.17, 15) is 13.7 Å². The average Bonchev–Trinajstić information content (AvgIpc) is 4.08. The number of rotatable bonds is 4. The topological polar surface area (TPSA) is 13.1 Å². The third-order valence-electron chi connectivity index (χ3n) is 7.81. The first kappa shape index (κ1) is 11.1. The molecule has 1 aromatic heterocycles. The minimum absolute atomic E-state index is 0.535. The van der Waals surface area contributed by atoms with Gasteiger partial charge in [-0.05, 0) is 95.4 Å². The molecule has 0 spiro atoms. The second kappa shape index (κ2) is 11.1. The summed E-state index contributed by atoms with van der Waals surface area (Å²) < 4.78 is 276. The van der Waals surface area contributed by atoms with E-state index in [2.05, 4.69) is 0 Å². The molecule has 1 heteroatoms. The van der Waals surface area contributed by atoms with E-state index in [1.54, 1.807) is 0 Å². The molecule has 0 atom stereocenters. The van der Waals surface area contributed by atoms with E-state index in [1.807, 2.05) is 0 Å². The van der Waals surface area contributed by atoms with E-state index < -0.39 is 280 Å². The first-order valence-corrected chi connectivity index (χ1v) is 14.4. The van der Waals surface area contributed by atoms with Gasteiger partial charge in [-0.1, -0.05) is 157 Å². The van der Waals surface area contributed by atoms with Crippen LogP contribution in [0.1, 0.15) is 41.1 Å². The van der Waals surface area contributed by atoms with Crippen LogP contribution in [0.25, 0.3) is 98.8 Å². The summed E-state index contributed by atoms with van der Waals surface area (Å²) in [6.07, 6.45) is 0. The van der Waals surface area contributed by atoms with E-state index in [0.29, 0.717) is 0 Å². The molecule has 0 amide bonds. The Hall–Kier alpha value is -6.44. The zero-order chi connectivity index (χ0) is 58.4. The number of hydrogen-bond acceptors (Lipinski definition) is 1. The van der Waals surface area contributed by atoms with Crippen molar-refractivity contribution in [2.45, 2.75) is 0 Å². The van der Waals surface area contributed by atoms with E-state index in [0.717, 1.165) is 0 Å². The Balaban J connectivity index is 1.45. The summed E-state index contributed by atoms with van der Waals surface area (Å²) in [6.45, 7) is 0. The van der Waals surface area contributed by atoms with Crippen molar-refractivity contribution in [2.75, 3.05) is 0 Å². The highest BCUT2D eigenvalue weighted by Crippen LogP contribution is 2.45. The highest BCUT2D eigenvalue weighted by Gasteiger charge is 2.19. The van der Waals surface area contributed by atoms with E-state index in [-0.39, 0.29) is 0 Å². The SMILES string of the molecule is [2H]c1c([2H])c([2H])c(-c2c([2H])c([2H])c([2H])c3c2oc2c([2H])c(-c4c5c([2H])c([2H])c([2H])c([2H])c5c(-c5c([2H])c([2H])c([2H])c(-c6c([2H])c([2H])c7c([2H])c([2H])c([2H])c([2H])c7c6[2H])c5[2H])c5c([2H])c([2H])c([2H])c([2H])c45)c([2H])c([2H])c23)c([2H])c1[2H]. The monoisotopic (exact) mass is 652 g/mol. The van der Waals surface area contributed by atoms with Gasteiger partial charge in [-0.15, -0.1) is 0 Å². The van der Waals surface area contributed by atoms with Gasteiger partial charge in [0.15, 0.2) is 0 Å². The normalized spacial score (nSPS) is 20.2. The summed E-state index contributed by atoms with van der Waals surface area (Å²) in [6, 6.07) is -28.8. The molecular formula is C48H30O. The number of para-hydroxylation sites is 1. The Morgan fingerprint density at radius 3 is 1.59 bits per heavy atom. The van der Waals surface area contributed by atoms with Crippen LogP contribution in [0.4, 0.5) is 0 Å². The van der Waals surface area contributed by atoms with Gasteiger partial charge in [-0.2, -0.15) is 0 Å². The van der Waals surface area contributed by atoms with Crippen molar-refractivity contribution in [3.05, 3.63) is 181 Å². The molecule has 0 radical (unpaired) electrons. The van der Waals surface area contributed by atoms with Gasteiger partial charge in [0.25, 0.3) is 0 Å². The zero-order valence-corrected chi connectivity index (χ0v) is 24.4. The molecule has 1 heterocycles. The highest BCUT2D eigenvalue weighted by molar-refractivity contribution is 6.22. The molecule has 0 aliphatic rings. The quantitative estimate of drug-likeness (QED) is 0.172. The average molecular weight is 653 g/mol. The largest absolute Gasteiger partial charge is 0.455 e. The Kier molecular flexibility index (Phi) is 2.50. The Morgan fingerprint density at radius 2 is 0.857 bits per heavy atom. The van der Waals surface area contributed by atoms with Crippen LogP contribution in [0.5, 0.6) is 0 Å². The summed E-state index contributed by atoms with van der Waals surface area (Å²) in [5.41, 5.74) is -7.81. The molecular weight excluding hydrogens is 593 g/mol. The van der Waals surface area contributed by atoms with Crippen LogP contribution >= 0.6 is 0 Å². The van der Waals surface area contributed by atoms with Crippen LogP contribution in [0, 0.1) is 0 Å². The molecule has 0 aliphatic carbocycles. The van der Waals surface area contributed by atoms with Crippen molar-refractivity contribution in [1.29, 1.82) is 0 Å². The molecule has 9 aromatic carbocycles. The minimum Gasteiger partial charge on any atom is -0.455 e. The lowest BCUT2D eigenvalue weighted by atomic mass is 9.85. The van der Waals surface area contributed by atoms with Crippen molar-refractivity contribution in [3.63, 3.8) is 0 Å². The fraction of sp³-hybridized carbons (Fsp3) is 0.